The standard InChI is InChI=1S/C13H18N2O5/c1-13(2,3)10(12(18)19)15-9(16)7-14-11(17)8-5-4-6-20-8/h4-6,10H,7H2,1-3H3,(H,14,17)(H,15,16)(H,18,19)/t10-/m0/s1. The van der Waals surface area contributed by atoms with Crippen molar-refractivity contribution in [2.75, 3.05) is 6.54 Å². The van der Waals surface area contributed by atoms with Gasteiger partial charge in [0.2, 0.25) is 5.91 Å². The van der Waals surface area contributed by atoms with E-state index in [-0.39, 0.29) is 12.3 Å². The molecule has 7 nitrogen and oxygen atoms in total. The Labute approximate surface area is 116 Å². The van der Waals surface area contributed by atoms with E-state index in [9.17, 15) is 14.4 Å². The minimum absolute atomic E-state index is 0.0865. The summed E-state index contributed by atoms with van der Waals surface area (Å²) in [7, 11) is 0. The van der Waals surface area contributed by atoms with Gasteiger partial charge in [0.25, 0.3) is 5.91 Å². The maximum absolute atomic E-state index is 11.7. The molecule has 0 saturated carbocycles. The van der Waals surface area contributed by atoms with Gasteiger partial charge in [-0.2, -0.15) is 0 Å². The molecule has 7 heteroatoms. The number of rotatable bonds is 5. The lowest BCUT2D eigenvalue weighted by atomic mass is 9.87. The third-order valence-corrected chi connectivity index (χ3v) is 2.57. The molecule has 0 spiro atoms. The van der Waals surface area contributed by atoms with E-state index in [2.05, 4.69) is 10.6 Å². The van der Waals surface area contributed by atoms with E-state index in [1.54, 1.807) is 26.8 Å². The van der Waals surface area contributed by atoms with Crippen LogP contribution in [0.3, 0.4) is 0 Å². The Morgan fingerprint density at radius 2 is 2.00 bits per heavy atom. The first-order chi connectivity index (χ1) is 9.21. The number of nitrogens with one attached hydrogen (secondary N) is 2. The first-order valence-electron chi connectivity index (χ1n) is 6.05. The van der Waals surface area contributed by atoms with Crippen molar-refractivity contribution in [2.45, 2.75) is 26.8 Å². The van der Waals surface area contributed by atoms with E-state index in [0.29, 0.717) is 0 Å². The monoisotopic (exact) mass is 282 g/mol. The van der Waals surface area contributed by atoms with Crippen molar-refractivity contribution in [2.24, 2.45) is 5.41 Å². The average Bonchev–Trinajstić information content (AvgIpc) is 2.84. The van der Waals surface area contributed by atoms with Gasteiger partial charge in [0.1, 0.15) is 6.04 Å². The minimum Gasteiger partial charge on any atom is -0.480 e. The number of furan rings is 1. The molecule has 20 heavy (non-hydrogen) atoms. The minimum atomic E-state index is -1.12. The highest BCUT2D eigenvalue weighted by Crippen LogP contribution is 2.19. The predicted molar refractivity (Wildman–Crippen MR) is 70.1 cm³/mol. The Morgan fingerprint density at radius 3 is 2.45 bits per heavy atom. The summed E-state index contributed by atoms with van der Waals surface area (Å²) in [6, 6.07) is 1.98. The zero-order chi connectivity index (χ0) is 15.3. The summed E-state index contributed by atoms with van der Waals surface area (Å²) in [5.41, 5.74) is -0.632. The Kier molecular flexibility index (Phi) is 4.90. The Morgan fingerprint density at radius 1 is 1.35 bits per heavy atom. The molecule has 0 aliphatic carbocycles. The molecule has 0 fully saturated rings. The molecule has 0 radical (unpaired) electrons. The van der Waals surface area contributed by atoms with Gasteiger partial charge in [0, 0.05) is 0 Å². The molecule has 1 heterocycles. The van der Waals surface area contributed by atoms with Gasteiger partial charge in [-0.25, -0.2) is 4.79 Å². The van der Waals surface area contributed by atoms with Gasteiger partial charge in [0.05, 0.1) is 12.8 Å². The molecule has 1 aromatic rings. The Bertz CT molecular complexity index is 487. The number of carboxylic acids is 1. The number of carbonyl (C=O) groups excluding carboxylic acids is 2. The number of carboxylic acid groups (broad SMARTS) is 1. The van der Waals surface area contributed by atoms with Crippen LogP contribution < -0.4 is 10.6 Å². The summed E-state index contributed by atoms with van der Waals surface area (Å²) in [5, 5.41) is 13.8. The van der Waals surface area contributed by atoms with E-state index >= 15 is 0 Å². The van der Waals surface area contributed by atoms with E-state index < -0.39 is 29.2 Å². The van der Waals surface area contributed by atoms with E-state index in [1.807, 2.05) is 0 Å². The first kappa shape index (κ1) is 15.7. The lowest BCUT2D eigenvalue weighted by molar-refractivity contribution is -0.144. The van der Waals surface area contributed by atoms with Crippen molar-refractivity contribution >= 4 is 17.8 Å². The van der Waals surface area contributed by atoms with Crippen LogP contribution in [0.2, 0.25) is 0 Å². The van der Waals surface area contributed by atoms with Crippen LogP contribution in [0.25, 0.3) is 0 Å². The van der Waals surface area contributed by atoms with Gasteiger partial charge in [-0.15, -0.1) is 0 Å². The molecule has 0 saturated heterocycles. The quantitative estimate of drug-likeness (QED) is 0.733. The van der Waals surface area contributed by atoms with Gasteiger partial charge in [0.15, 0.2) is 5.76 Å². The molecular formula is C13H18N2O5. The molecule has 0 aliphatic rings. The van der Waals surface area contributed by atoms with Crippen LogP contribution >= 0.6 is 0 Å². The summed E-state index contributed by atoms with van der Waals surface area (Å²) in [5.74, 6) is -2.15. The third kappa shape index (κ3) is 4.42. The van der Waals surface area contributed by atoms with E-state index in [0.717, 1.165) is 0 Å². The lowest BCUT2D eigenvalue weighted by Gasteiger charge is -2.27. The van der Waals surface area contributed by atoms with Gasteiger partial charge in [-0.05, 0) is 17.5 Å². The van der Waals surface area contributed by atoms with Crippen LogP contribution in [0.15, 0.2) is 22.8 Å². The summed E-state index contributed by atoms with van der Waals surface area (Å²) in [6.07, 6.45) is 1.34. The van der Waals surface area contributed by atoms with Gasteiger partial charge < -0.3 is 20.2 Å². The zero-order valence-corrected chi connectivity index (χ0v) is 11.6. The fourth-order valence-corrected chi connectivity index (χ4v) is 1.52. The van der Waals surface area contributed by atoms with Crippen LogP contribution in [-0.2, 0) is 9.59 Å². The lowest BCUT2D eigenvalue weighted by Crippen LogP contribution is -2.51. The average molecular weight is 282 g/mol. The number of carbonyl (C=O) groups is 3. The van der Waals surface area contributed by atoms with Crippen LogP contribution in [0.5, 0.6) is 0 Å². The maximum atomic E-state index is 11.7. The molecule has 0 bridgehead atoms. The molecule has 110 valence electrons. The van der Waals surface area contributed by atoms with Crippen molar-refractivity contribution in [1.82, 2.24) is 10.6 Å². The summed E-state index contributed by atoms with van der Waals surface area (Å²) < 4.78 is 4.86. The molecule has 3 N–H and O–H groups in total. The van der Waals surface area contributed by atoms with Crippen LogP contribution in [0.1, 0.15) is 31.3 Å². The second-order valence-corrected chi connectivity index (χ2v) is 5.36. The van der Waals surface area contributed by atoms with E-state index in [1.165, 1.54) is 12.3 Å². The number of hydrogen-bond donors (Lipinski definition) is 3. The number of hydrogen-bond acceptors (Lipinski definition) is 4. The second kappa shape index (κ2) is 6.23. The molecule has 0 unspecified atom stereocenters. The summed E-state index contributed by atoms with van der Waals surface area (Å²) >= 11 is 0. The predicted octanol–water partition coefficient (Wildman–Crippen LogP) is 0.625. The third-order valence-electron chi connectivity index (χ3n) is 2.57. The zero-order valence-electron chi connectivity index (χ0n) is 11.6. The van der Waals surface area contributed by atoms with Crippen molar-refractivity contribution in [1.29, 1.82) is 0 Å². The van der Waals surface area contributed by atoms with E-state index in [4.69, 9.17) is 9.52 Å². The summed E-state index contributed by atoms with van der Waals surface area (Å²) in [6.45, 7) is 4.79. The molecule has 0 aromatic carbocycles. The van der Waals surface area contributed by atoms with Crippen LogP contribution in [-0.4, -0.2) is 35.5 Å². The highest BCUT2D eigenvalue weighted by molar-refractivity contribution is 5.94. The number of aliphatic carboxylic acids is 1. The molecule has 2 amide bonds. The highest BCUT2D eigenvalue weighted by Gasteiger charge is 2.32. The van der Waals surface area contributed by atoms with Crippen molar-refractivity contribution in [3.8, 4) is 0 Å². The van der Waals surface area contributed by atoms with Crippen molar-refractivity contribution in [3.05, 3.63) is 24.2 Å². The molecule has 1 aromatic heterocycles. The van der Waals surface area contributed by atoms with Gasteiger partial charge in [-0.3, -0.25) is 9.59 Å². The smallest absolute Gasteiger partial charge is 0.326 e. The SMILES string of the molecule is CC(C)(C)[C@@H](NC(=O)CNC(=O)c1ccco1)C(=O)O. The summed E-state index contributed by atoms with van der Waals surface area (Å²) in [4.78, 5) is 34.3. The first-order valence-corrected chi connectivity index (χ1v) is 6.05. The Balaban J connectivity index is 2.51. The fourth-order valence-electron chi connectivity index (χ4n) is 1.52. The topological polar surface area (TPSA) is 109 Å². The highest BCUT2D eigenvalue weighted by atomic mass is 16.4. The number of amides is 2. The molecular weight excluding hydrogens is 264 g/mol. The van der Waals surface area contributed by atoms with Crippen molar-refractivity contribution < 1.29 is 23.9 Å². The molecule has 1 rings (SSSR count). The fraction of sp³-hybridized carbons (Fsp3) is 0.462. The Hall–Kier alpha value is -2.31. The normalized spacial score (nSPS) is 12.6. The maximum Gasteiger partial charge on any atom is 0.326 e. The van der Waals surface area contributed by atoms with Crippen LogP contribution in [0.4, 0.5) is 0 Å². The van der Waals surface area contributed by atoms with Crippen molar-refractivity contribution in [3.63, 3.8) is 0 Å². The second-order valence-electron chi connectivity index (χ2n) is 5.36. The molecule has 1 atom stereocenters. The van der Waals surface area contributed by atoms with Gasteiger partial charge >= 0.3 is 5.97 Å². The largest absolute Gasteiger partial charge is 0.480 e. The van der Waals surface area contributed by atoms with Gasteiger partial charge in [-0.1, -0.05) is 20.8 Å². The van der Waals surface area contributed by atoms with Crippen LogP contribution in [0, 0.1) is 5.41 Å². The molecule has 0 aliphatic heterocycles.